The first-order valence-corrected chi connectivity index (χ1v) is 11.1. The normalized spacial score (nSPS) is 17.7. The van der Waals surface area contributed by atoms with Gasteiger partial charge in [-0.05, 0) is 31.4 Å². The predicted molar refractivity (Wildman–Crippen MR) is 115 cm³/mol. The molecule has 9 heteroatoms. The molecule has 0 bridgehead atoms. The van der Waals surface area contributed by atoms with Crippen molar-refractivity contribution in [2.45, 2.75) is 64.0 Å². The Morgan fingerprint density at radius 3 is 2.72 bits per heavy atom. The summed E-state index contributed by atoms with van der Waals surface area (Å²) in [6, 6.07) is 4.36. The van der Waals surface area contributed by atoms with E-state index in [2.05, 4.69) is 10.6 Å². The maximum absolute atomic E-state index is 12.8. The first-order valence-electron chi connectivity index (χ1n) is 11.1. The van der Waals surface area contributed by atoms with E-state index in [1.54, 1.807) is 18.2 Å². The van der Waals surface area contributed by atoms with Gasteiger partial charge in [0.25, 0.3) is 11.8 Å². The largest absolute Gasteiger partial charge is 0.483 e. The standard InChI is InChI=1S/C23H29N3O6/c27-13-6-4-2-1-3-5-12-24-21(29)15-32-19-9-7-8-16-17(19)14-26(23(16)31)18-10-11-20(28)25-22(18)30/h7-9,13,18H,1-6,10-12,14-15H2,(H,24,29)(H,25,28,30). The molecule has 9 nitrogen and oxygen atoms in total. The molecule has 1 unspecified atom stereocenters. The fraction of sp³-hybridized carbons (Fsp3) is 0.522. The topological polar surface area (TPSA) is 122 Å². The van der Waals surface area contributed by atoms with E-state index < -0.39 is 11.9 Å². The number of rotatable bonds is 12. The van der Waals surface area contributed by atoms with Gasteiger partial charge >= 0.3 is 0 Å². The number of hydrogen-bond acceptors (Lipinski definition) is 6. The highest BCUT2D eigenvalue weighted by Crippen LogP contribution is 2.33. The Balaban J connectivity index is 1.46. The Labute approximate surface area is 186 Å². The molecule has 172 valence electrons. The lowest BCUT2D eigenvalue weighted by molar-refractivity contribution is -0.137. The van der Waals surface area contributed by atoms with Gasteiger partial charge in [-0.25, -0.2) is 0 Å². The van der Waals surface area contributed by atoms with Crippen LogP contribution in [-0.4, -0.2) is 54.0 Å². The fourth-order valence-corrected chi connectivity index (χ4v) is 4.00. The van der Waals surface area contributed by atoms with Crippen LogP contribution in [0.1, 0.15) is 67.3 Å². The molecule has 3 rings (SSSR count). The van der Waals surface area contributed by atoms with Gasteiger partial charge in [-0.2, -0.15) is 0 Å². The van der Waals surface area contributed by atoms with E-state index in [9.17, 15) is 24.0 Å². The summed E-state index contributed by atoms with van der Waals surface area (Å²) in [6.45, 7) is 0.593. The number of aldehydes is 1. The molecule has 4 amide bonds. The van der Waals surface area contributed by atoms with Gasteiger partial charge in [-0.3, -0.25) is 24.5 Å². The molecule has 2 aliphatic rings. The number of ether oxygens (including phenoxy) is 1. The lowest BCUT2D eigenvalue weighted by Gasteiger charge is -2.29. The lowest BCUT2D eigenvalue weighted by Crippen LogP contribution is -2.52. The second-order valence-corrected chi connectivity index (χ2v) is 8.04. The van der Waals surface area contributed by atoms with Crippen LogP contribution in [0.15, 0.2) is 18.2 Å². The average Bonchev–Trinajstić information content (AvgIpc) is 3.11. The van der Waals surface area contributed by atoms with Crippen molar-refractivity contribution in [2.75, 3.05) is 13.2 Å². The smallest absolute Gasteiger partial charge is 0.257 e. The number of carbonyl (C=O) groups excluding carboxylic acids is 5. The highest BCUT2D eigenvalue weighted by Gasteiger charge is 2.40. The molecule has 1 fully saturated rings. The van der Waals surface area contributed by atoms with Crippen LogP contribution in [-0.2, 0) is 25.7 Å². The summed E-state index contributed by atoms with van der Waals surface area (Å²) in [7, 11) is 0. The van der Waals surface area contributed by atoms with Crippen LogP contribution in [0, 0.1) is 0 Å². The van der Waals surface area contributed by atoms with Gasteiger partial charge in [0, 0.05) is 30.5 Å². The Morgan fingerprint density at radius 1 is 1.16 bits per heavy atom. The fourth-order valence-electron chi connectivity index (χ4n) is 4.00. The average molecular weight is 444 g/mol. The quantitative estimate of drug-likeness (QED) is 0.287. The lowest BCUT2D eigenvalue weighted by atomic mass is 10.0. The van der Waals surface area contributed by atoms with Gasteiger partial charge in [0.15, 0.2) is 6.61 Å². The summed E-state index contributed by atoms with van der Waals surface area (Å²) < 4.78 is 5.68. The zero-order chi connectivity index (χ0) is 22.9. The van der Waals surface area contributed by atoms with Gasteiger partial charge in [0.1, 0.15) is 18.1 Å². The molecule has 0 saturated carbocycles. The van der Waals surface area contributed by atoms with Crippen molar-refractivity contribution in [1.82, 2.24) is 15.5 Å². The minimum atomic E-state index is -0.692. The van der Waals surface area contributed by atoms with E-state index in [4.69, 9.17) is 4.74 Å². The van der Waals surface area contributed by atoms with Crippen LogP contribution in [0.25, 0.3) is 0 Å². The molecule has 2 aliphatic heterocycles. The van der Waals surface area contributed by atoms with Crippen molar-refractivity contribution < 1.29 is 28.7 Å². The summed E-state index contributed by atoms with van der Waals surface area (Å²) in [5, 5.41) is 5.10. The third kappa shape index (κ3) is 5.93. The number of carbonyl (C=O) groups is 5. The van der Waals surface area contributed by atoms with Crippen molar-refractivity contribution in [1.29, 1.82) is 0 Å². The van der Waals surface area contributed by atoms with E-state index in [0.717, 1.165) is 38.4 Å². The number of benzene rings is 1. The molecule has 0 radical (unpaired) electrons. The first-order chi connectivity index (χ1) is 15.5. The molecule has 2 N–H and O–H groups in total. The molecule has 0 aliphatic carbocycles. The third-order valence-corrected chi connectivity index (χ3v) is 5.72. The second kappa shape index (κ2) is 11.4. The Bertz CT molecular complexity index is 884. The second-order valence-electron chi connectivity index (χ2n) is 8.04. The molecule has 0 spiro atoms. The van der Waals surface area contributed by atoms with E-state index in [1.807, 2.05) is 0 Å². The maximum atomic E-state index is 12.8. The van der Waals surface area contributed by atoms with Crippen LogP contribution in [0.5, 0.6) is 5.75 Å². The summed E-state index contributed by atoms with van der Waals surface area (Å²) >= 11 is 0. The maximum Gasteiger partial charge on any atom is 0.257 e. The summed E-state index contributed by atoms with van der Waals surface area (Å²) in [4.78, 5) is 60.2. The molecular weight excluding hydrogens is 414 g/mol. The van der Waals surface area contributed by atoms with Crippen LogP contribution in [0.2, 0.25) is 0 Å². The predicted octanol–water partition coefficient (Wildman–Crippen LogP) is 1.48. The van der Waals surface area contributed by atoms with Gasteiger partial charge in [-0.1, -0.05) is 25.3 Å². The molecular formula is C23H29N3O6. The number of piperidine rings is 1. The minimum absolute atomic E-state index is 0.164. The summed E-state index contributed by atoms with van der Waals surface area (Å²) in [5.74, 6) is -0.875. The Morgan fingerprint density at radius 2 is 1.94 bits per heavy atom. The van der Waals surface area contributed by atoms with Crippen molar-refractivity contribution in [3.05, 3.63) is 29.3 Å². The number of nitrogens with zero attached hydrogens (tertiary/aromatic N) is 1. The highest BCUT2D eigenvalue weighted by atomic mass is 16.5. The molecule has 0 aromatic heterocycles. The number of nitrogens with one attached hydrogen (secondary N) is 2. The molecule has 1 aromatic rings. The van der Waals surface area contributed by atoms with E-state index in [0.29, 0.717) is 36.3 Å². The third-order valence-electron chi connectivity index (χ3n) is 5.72. The number of amides is 4. The zero-order valence-electron chi connectivity index (χ0n) is 18.1. The van der Waals surface area contributed by atoms with Crippen LogP contribution in [0.4, 0.5) is 0 Å². The van der Waals surface area contributed by atoms with Crippen molar-refractivity contribution in [2.24, 2.45) is 0 Å². The molecule has 1 aromatic carbocycles. The van der Waals surface area contributed by atoms with Crippen molar-refractivity contribution >= 4 is 29.9 Å². The zero-order valence-corrected chi connectivity index (χ0v) is 18.1. The van der Waals surface area contributed by atoms with Crippen LogP contribution in [0.3, 0.4) is 0 Å². The number of imide groups is 1. The molecule has 32 heavy (non-hydrogen) atoms. The summed E-state index contributed by atoms with van der Waals surface area (Å²) in [5.41, 5.74) is 1.09. The van der Waals surface area contributed by atoms with E-state index >= 15 is 0 Å². The van der Waals surface area contributed by atoms with E-state index in [1.165, 1.54) is 4.90 Å². The molecule has 1 atom stereocenters. The van der Waals surface area contributed by atoms with Gasteiger partial charge in [0.05, 0.1) is 6.54 Å². The Kier molecular flexibility index (Phi) is 8.35. The highest BCUT2D eigenvalue weighted by molar-refractivity contribution is 6.05. The number of fused-ring (bicyclic) bond motifs is 1. The monoisotopic (exact) mass is 443 g/mol. The first kappa shape index (κ1) is 23.4. The van der Waals surface area contributed by atoms with Gasteiger partial charge in [-0.15, -0.1) is 0 Å². The van der Waals surface area contributed by atoms with Gasteiger partial charge < -0.3 is 19.7 Å². The van der Waals surface area contributed by atoms with E-state index in [-0.39, 0.29) is 37.3 Å². The van der Waals surface area contributed by atoms with Crippen LogP contribution < -0.4 is 15.4 Å². The molecule has 1 saturated heterocycles. The van der Waals surface area contributed by atoms with Crippen molar-refractivity contribution in [3.8, 4) is 5.75 Å². The summed E-state index contributed by atoms with van der Waals surface area (Å²) in [6.07, 6.45) is 6.84. The Hall–Kier alpha value is -3.23. The van der Waals surface area contributed by atoms with Gasteiger partial charge in [0.2, 0.25) is 11.8 Å². The minimum Gasteiger partial charge on any atom is -0.483 e. The number of hydrogen-bond donors (Lipinski definition) is 2. The SMILES string of the molecule is O=CCCCCCCCNC(=O)COc1cccc2c1CN(C1CCC(=O)NC1=O)C2=O. The molecule has 2 heterocycles. The van der Waals surface area contributed by atoms with Crippen molar-refractivity contribution in [3.63, 3.8) is 0 Å². The van der Waals surface area contributed by atoms with Crippen LogP contribution >= 0.6 is 0 Å². The number of unbranched alkanes of at least 4 members (excludes halogenated alkanes) is 5.